The molecule has 164 valence electrons. The second-order valence-corrected chi connectivity index (χ2v) is 7.99. The van der Waals surface area contributed by atoms with Crippen molar-refractivity contribution in [1.29, 1.82) is 0 Å². The van der Waals surface area contributed by atoms with Gasteiger partial charge >= 0.3 is 6.09 Å². The van der Waals surface area contributed by atoms with Gasteiger partial charge in [-0.2, -0.15) is 0 Å². The Morgan fingerprint density at radius 3 is 2.36 bits per heavy atom. The number of nitrogens with zero attached hydrogens (tertiary/aromatic N) is 3. The molecule has 0 radical (unpaired) electrons. The Morgan fingerprint density at radius 2 is 1.82 bits per heavy atom. The number of aliphatic imine (C=N–C) groups is 1. The maximum absolute atomic E-state index is 11.8. The smallest absolute Gasteiger partial charge is 0.409 e. The third-order valence-corrected chi connectivity index (χ3v) is 5.92. The normalized spacial score (nSPS) is 20.5. The molecule has 1 amide bonds. The molecular weight excluding hydrogens is 469 g/mol. The van der Waals surface area contributed by atoms with Crippen LogP contribution in [0.2, 0.25) is 0 Å². The van der Waals surface area contributed by atoms with Crippen LogP contribution in [-0.4, -0.2) is 81.3 Å². The van der Waals surface area contributed by atoms with E-state index in [2.05, 4.69) is 34.6 Å². The number of hydrogen-bond acceptors (Lipinski definition) is 4. The molecular formula is C20H40IN5O2. The Balaban J connectivity index is 0.00000392. The van der Waals surface area contributed by atoms with E-state index in [1.807, 2.05) is 14.0 Å². The molecule has 1 unspecified atom stereocenters. The number of ether oxygens (including phenoxy) is 1. The number of halogens is 1. The van der Waals surface area contributed by atoms with Crippen LogP contribution in [-0.2, 0) is 4.74 Å². The highest BCUT2D eigenvalue weighted by Gasteiger charge is 2.27. The van der Waals surface area contributed by atoms with Crippen LogP contribution >= 0.6 is 24.0 Å². The number of piperidine rings is 1. The van der Waals surface area contributed by atoms with Crippen LogP contribution in [0.4, 0.5) is 4.79 Å². The van der Waals surface area contributed by atoms with Gasteiger partial charge in [-0.05, 0) is 52.6 Å². The van der Waals surface area contributed by atoms with E-state index in [-0.39, 0.29) is 30.1 Å². The van der Waals surface area contributed by atoms with Crippen LogP contribution in [0.5, 0.6) is 0 Å². The van der Waals surface area contributed by atoms with Gasteiger partial charge in [-0.3, -0.25) is 4.99 Å². The second-order valence-electron chi connectivity index (χ2n) is 7.99. The van der Waals surface area contributed by atoms with Crippen molar-refractivity contribution in [2.24, 2.45) is 10.9 Å². The lowest BCUT2D eigenvalue weighted by Crippen LogP contribution is -2.52. The van der Waals surface area contributed by atoms with Crippen molar-refractivity contribution in [3.05, 3.63) is 0 Å². The van der Waals surface area contributed by atoms with Crippen molar-refractivity contribution < 1.29 is 9.53 Å². The first-order chi connectivity index (χ1) is 13.0. The molecule has 1 saturated carbocycles. The van der Waals surface area contributed by atoms with E-state index in [1.165, 1.54) is 32.1 Å². The van der Waals surface area contributed by atoms with Crippen LogP contribution < -0.4 is 10.6 Å². The summed E-state index contributed by atoms with van der Waals surface area (Å²) in [6.45, 7) is 4.66. The molecule has 8 heteroatoms. The van der Waals surface area contributed by atoms with E-state index < -0.39 is 0 Å². The number of likely N-dealkylation sites (N-methyl/N-ethyl adjacent to an activating group) is 1. The summed E-state index contributed by atoms with van der Waals surface area (Å²) in [6.07, 6.45) is 8.42. The van der Waals surface area contributed by atoms with Crippen molar-refractivity contribution in [2.45, 2.75) is 64.0 Å². The van der Waals surface area contributed by atoms with Crippen molar-refractivity contribution >= 4 is 36.0 Å². The summed E-state index contributed by atoms with van der Waals surface area (Å²) in [5.41, 5.74) is 0. The Hall–Kier alpha value is -0.770. The van der Waals surface area contributed by atoms with E-state index in [0.29, 0.717) is 18.7 Å². The predicted octanol–water partition coefficient (Wildman–Crippen LogP) is 2.90. The minimum absolute atomic E-state index is 0. The Bertz CT molecular complexity index is 475. The Labute approximate surface area is 188 Å². The van der Waals surface area contributed by atoms with E-state index in [1.54, 1.807) is 4.90 Å². The first kappa shape index (κ1) is 25.3. The molecule has 2 N–H and O–H groups in total. The van der Waals surface area contributed by atoms with Gasteiger partial charge in [-0.25, -0.2) is 4.79 Å². The lowest BCUT2D eigenvalue weighted by molar-refractivity contribution is 0.0963. The van der Waals surface area contributed by atoms with Gasteiger partial charge in [0.15, 0.2) is 5.96 Å². The fraction of sp³-hybridized carbons (Fsp3) is 0.900. The predicted molar refractivity (Wildman–Crippen MR) is 126 cm³/mol. The zero-order valence-electron chi connectivity index (χ0n) is 18.1. The van der Waals surface area contributed by atoms with Gasteiger partial charge in [0, 0.05) is 38.8 Å². The highest BCUT2D eigenvalue weighted by molar-refractivity contribution is 14.0. The molecule has 1 atom stereocenters. The molecule has 0 aromatic heterocycles. The Kier molecular flexibility index (Phi) is 12.1. The molecule has 0 aromatic rings. The van der Waals surface area contributed by atoms with Crippen LogP contribution in [0.3, 0.4) is 0 Å². The van der Waals surface area contributed by atoms with E-state index in [4.69, 9.17) is 4.74 Å². The van der Waals surface area contributed by atoms with E-state index in [0.717, 1.165) is 44.4 Å². The SMILES string of the molecule is CCOC(=O)N1CCC(NC(=NC)NCC(C2CCCCC2)N(C)C)CC1.I. The molecule has 28 heavy (non-hydrogen) atoms. The molecule has 7 nitrogen and oxygen atoms in total. The molecule has 2 fully saturated rings. The lowest BCUT2D eigenvalue weighted by Gasteiger charge is -2.36. The van der Waals surface area contributed by atoms with Crippen molar-refractivity contribution in [3.63, 3.8) is 0 Å². The van der Waals surface area contributed by atoms with Gasteiger partial charge in [-0.15, -0.1) is 24.0 Å². The van der Waals surface area contributed by atoms with Gasteiger partial charge in [0.25, 0.3) is 0 Å². The molecule has 2 rings (SSSR count). The minimum Gasteiger partial charge on any atom is -0.450 e. The molecule has 1 heterocycles. The first-order valence-corrected chi connectivity index (χ1v) is 10.6. The molecule has 0 bridgehead atoms. The van der Waals surface area contributed by atoms with E-state index >= 15 is 0 Å². The number of likely N-dealkylation sites (tertiary alicyclic amines) is 1. The van der Waals surface area contributed by atoms with E-state index in [9.17, 15) is 4.79 Å². The fourth-order valence-corrected chi connectivity index (χ4v) is 4.30. The summed E-state index contributed by atoms with van der Waals surface area (Å²) in [5.74, 6) is 1.64. The monoisotopic (exact) mass is 509 g/mol. The van der Waals surface area contributed by atoms with Crippen molar-refractivity contribution in [1.82, 2.24) is 20.4 Å². The quantitative estimate of drug-likeness (QED) is 0.328. The topological polar surface area (TPSA) is 69.2 Å². The van der Waals surface area contributed by atoms with Crippen LogP contribution in [0.1, 0.15) is 51.9 Å². The number of carbonyl (C=O) groups is 1. The third-order valence-electron chi connectivity index (χ3n) is 5.92. The summed E-state index contributed by atoms with van der Waals surface area (Å²) >= 11 is 0. The average molecular weight is 509 g/mol. The maximum atomic E-state index is 11.8. The van der Waals surface area contributed by atoms with Gasteiger partial charge in [0.05, 0.1) is 6.61 Å². The second kappa shape index (κ2) is 13.5. The number of hydrogen-bond donors (Lipinski definition) is 2. The molecule has 1 saturated heterocycles. The summed E-state index contributed by atoms with van der Waals surface area (Å²) in [5, 5.41) is 7.08. The molecule has 1 aliphatic carbocycles. The fourth-order valence-electron chi connectivity index (χ4n) is 4.30. The zero-order chi connectivity index (χ0) is 19.6. The largest absolute Gasteiger partial charge is 0.450 e. The Morgan fingerprint density at radius 1 is 1.18 bits per heavy atom. The zero-order valence-corrected chi connectivity index (χ0v) is 20.4. The van der Waals surface area contributed by atoms with Crippen LogP contribution in [0, 0.1) is 5.92 Å². The first-order valence-electron chi connectivity index (χ1n) is 10.6. The van der Waals surface area contributed by atoms with Crippen molar-refractivity contribution in [3.8, 4) is 0 Å². The van der Waals surface area contributed by atoms with Crippen LogP contribution in [0.15, 0.2) is 4.99 Å². The molecule has 0 aromatic carbocycles. The van der Waals surface area contributed by atoms with Crippen LogP contribution in [0.25, 0.3) is 0 Å². The van der Waals surface area contributed by atoms with Gasteiger partial charge in [-0.1, -0.05) is 19.3 Å². The molecule has 1 aliphatic heterocycles. The lowest BCUT2D eigenvalue weighted by atomic mass is 9.83. The summed E-state index contributed by atoms with van der Waals surface area (Å²) in [6, 6.07) is 0.879. The maximum Gasteiger partial charge on any atom is 0.409 e. The number of nitrogens with one attached hydrogen (secondary N) is 2. The van der Waals surface area contributed by atoms with Gasteiger partial charge in [0.2, 0.25) is 0 Å². The van der Waals surface area contributed by atoms with Gasteiger partial charge in [0.1, 0.15) is 0 Å². The summed E-state index contributed by atoms with van der Waals surface area (Å²) < 4.78 is 5.09. The molecule has 0 spiro atoms. The van der Waals surface area contributed by atoms with Gasteiger partial charge < -0.3 is 25.2 Å². The summed E-state index contributed by atoms with van der Waals surface area (Å²) in [7, 11) is 6.19. The summed E-state index contributed by atoms with van der Waals surface area (Å²) in [4.78, 5) is 20.4. The highest BCUT2D eigenvalue weighted by Crippen LogP contribution is 2.28. The van der Waals surface area contributed by atoms with Crippen molar-refractivity contribution in [2.75, 3.05) is 47.4 Å². The number of carbonyl (C=O) groups excluding carboxylic acids is 1. The average Bonchev–Trinajstić information content (AvgIpc) is 2.68. The molecule has 2 aliphatic rings. The number of rotatable bonds is 6. The number of amides is 1. The highest BCUT2D eigenvalue weighted by atomic mass is 127. The number of guanidine groups is 1. The standard InChI is InChI=1S/C20H39N5O2.HI/c1-5-27-20(26)25-13-11-17(12-14-25)23-19(21-2)22-15-18(24(3)4)16-9-7-6-8-10-16;/h16-18H,5-15H2,1-4H3,(H2,21,22,23);1H. The third kappa shape index (κ3) is 7.93. The minimum atomic E-state index is -0.195.